The number of unbranched alkanes of at least 4 members (excludes halogenated alkanes) is 1. The summed E-state index contributed by atoms with van der Waals surface area (Å²) in [4.78, 5) is 13.2. The van der Waals surface area contributed by atoms with Crippen LogP contribution in [0.3, 0.4) is 0 Å². The number of nitrogens with zero attached hydrogens (tertiary/aromatic N) is 1. The van der Waals surface area contributed by atoms with Crippen molar-refractivity contribution in [3.63, 3.8) is 0 Å². The molecule has 5 nitrogen and oxygen atoms in total. The number of aromatic nitrogens is 1. The van der Waals surface area contributed by atoms with Gasteiger partial charge in [-0.2, -0.15) is 22.0 Å². The van der Waals surface area contributed by atoms with E-state index < -0.39 is 40.6 Å². The van der Waals surface area contributed by atoms with Crippen molar-refractivity contribution in [3.8, 4) is 11.5 Å². The molecule has 11 heteroatoms. The highest BCUT2D eigenvalue weighted by Crippen LogP contribution is 2.56. The van der Waals surface area contributed by atoms with Crippen molar-refractivity contribution in [1.29, 1.82) is 0 Å². The van der Waals surface area contributed by atoms with Crippen molar-refractivity contribution < 1.29 is 40.9 Å². The second-order valence-electron chi connectivity index (χ2n) is 7.44. The maximum atomic E-state index is 15.3. The van der Waals surface area contributed by atoms with Crippen LogP contribution in [0.4, 0.5) is 26.3 Å². The molecule has 33 heavy (non-hydrogen) atoms. The molecule has 0 fully saturated rings. The molecule has 0 bridgehead atoms. The zero-order valence-electron chi connectivity index (χ0n) is 17.9. The molecule has 180 valence electrons. The number of rotatable bonds is 7. The van der Waals surface area contributed by atoms with Crippen LogP contribution in [0.5, 0.6) is 11.5 Å². The Morgan fingerprint density at radius 3 is 2.00 bits per heavy atom. The fourth-order valence-electron chi connectivity index (χ4n) is 3.92. The van der Waals surface area contributed by atoms with Crippen LogP contribution in [0, 0.1) is 0 Å². The van der Waals surface area contributed by atoms with Gasteiger partial charge >= 0.3 is 18.0 Å². The zero-order valence-corrected chi connectivity index (χ0v) is 17.9. The Morgan fingerprint density at radius 1 is 0.939 bits per heavy atom. The molecular weight excluding hydrogens is 456 g/mol. The van der Waals surface area contributed by atoms with Gasteiger partial charge in [-0.15, -0.1) is 0 Å². The predicted octanol–water partition coefficient (Wildman–Crippen LogP) is 5.28. The SMILES string of the molecule is CCCCn1c(=O)c2ccccc2c2cc(C(F)(C(O)(F)F)C(F)(F)F)c(OC)c(OC)c21. The average Bonchev–Trinajstić information content (AvgIpc) is 2.75. The lowest BCUT2D eigenvalue weighted by molar-refractivity contribution is -0.375. The third-order valence-electron chi connectivity index (χ3n) is 5.49. The van der Waals surface area contributed by atoms with Gasteiger partial charge in [0.25, 0.3) is 5.56 Å². The fraction of sp³-hybridized carbons (Fsp3) is 0.409. The number of ether oxygens (including phenoxy) is 2. The van der Waals surface area contributed by atoms with Crippen LogP contribution < -0.4 is 15.0 Å². The number of hydrogen-bond donors (Lipinski definition) is 1. The largest absolute Gasteiger partial charge is 0.492 e. The van der Waals surface area contributed by atoms with Crippen LogP contribution >= 0.6 is 0 Å². The highest BCUT2D eigenvalue weighted by Gasteiger charge is 2.73. The number of benzene rings is 2. The van der Waals surface area contributed by atoms with Crippen LogP contribution in [-0.4, -0.2) is 36.2 Å². The number of fused-ring (bicyclic) bond motifs is 3. The lowest BCUT2D eigenvalue weighted by Crippen LogP contribution is -2.52. The minimum atomic E-state index is -6.23. The topological polar surface area (TPSA) is 60.7 Å². The monoisotopic (exact) mass is 477 g/mol. The van der Waals surface area contributed by atoms with Crippen LogP contribution in [0.2, 0.25) is 0 Å². The van der Waals surface area contributed by atoms with Gasteiger partial charge in [0.1, 0.15) is 0 Å². The Bertz CT molecular complexity index is 1230. The Labute approximate surface area is 184 Å². The van der Waals surface area contributed by atoms with E-state index in [0.717, 1.165) is 14.2 Å². The molecule has 0 saturated heterocycles. The first kappa shape index (κ1) is 24.7. The summed E-state index contributed by atoms with van der Waals surface area (Å²) >= 11 is 0. The second-order valence-corrected chi connectivity index (χ2v) is 7.44. The zero-order chi connectivity index (χ0) is 24.8. The first-order valence-electron chi connectivity index (χ1n) is 9.91. The molecule has 0 aliphatic carbocycles. The Morgan fingerprint density at radius 2 is 1.52 bits per heavy atom. The summed E-state index contributed by atoms with van der Waals surface area (Å²) in [5.41, 5.74) is -7.74. The molecule has 1 N–H and O–H groups in total. The molecule has 1 unspecified atom stereocenters. The number of methoxy groups -OCH3 is 2. The van der Waals surface area contributed by atoms with Gasteiger partial charge in [0.15, 0.2) is 11.5 Å². The van der Waals surface area contributed by atoms with Gasteiger partial charge in [-0.25, -0.2) is 4.39 Å². The molecule has 2 aromatic carbocycles. The van der Waals surface area contributed by atoms with Crippen molar-refractivity contribution in [1.82, 2.24) is 4.57 Å². The van der Waals surface area contributed by atoms with E-state index in [9.17, 15) is 26.7 Å². The second kappa shape index (κ2) is 8.44. The van der Waals surface area contributed by atoms with Crippen LogP contribution in [0.1, 0.15) is 25.3 Å². The Kier molecular flexibility index (Phi) is 6.31. The number of aliphatic hydroxyl groups is 1. The lowest BCUT2D eigenvalue weighted by Gasteiger charge is -2.33. The van der Waals surface area contributed by atoms with Crippen molar-refractivity contribution >= 4 is 21.7 Å². The standard InChI is InChI=1S/C22H21F6NO4/c1-4-5-10-29-16-14(12-8-6-7-9-13(12)19(29)30)11-15(17(32-2)18(16)33-3)20(23,21(24,25)26)22(27,28)31/h6-9,11,31H,4-5,10H2,1-3H3. The molecule has 3 aromatic rings. The minimum absolute atomic E-state index is 0.0407. The van der Waals surface area contributed by atoms with Gasteiger partial charge in [0.05, 0.1) is 25.3 Å². The van der Waals surface area contributed by atoms with E-state index in [-0.39, 0.29) is 28.2 Å². The van der Waals surface area contributed by atoms with Crippen molar-refractivity contribution in [2.24, 2.45) is 0 Å². The molecule has 0 spiro atoms. The quantitative estimate of drug-likeness (QED) is 0.372. The molecular formula is C22H21F6NO4. The third kappa shape index (κ3) is 3.68. The number of aryl methyl sites for hydroxylation is 1. The summed E-state index contributed by atoms with van der Waals surface area (Å²) in [6.45, 7) is 1.99. The minimum Gasteiger partial charge on any atom is -0.492 e. The van der Waals surface area contributed by atoms with E-state index in [1.165, 1.54) is 28.8 Å². The molecule has 1 aromatic heterocycles. The number of halogens is 6. The van der Waals surface area contributed by atoms with E-state index in [2.05, 4.69) is 0 Å². The van der Waals surface area contributed by atoms with E-state index >= 15 is 4.39 Å². The van der Waals surface area contributed by atoms with Crippen molar-refractivity contribution in [2.45, 2.75) is 44.3 Å². The summed E-state index contributed by atoms with van der Waals surface area (Å²) < 4.78 is 95.4. The van der Waals surface area contributed by atoms with Crippen molar-refractivity contribution in [3.05, 3.63) is 46.2 Å². The van der Waals surface area contributed by atoms with Crippen LogP contribution in [-0.2, 0) is 12.2 Å². The predicted molar refractivity (Wildman–Crippen MR) is 110 cm³/mol. The molecule has 0 aliphatic heterocycles. The Balaban J connectivity index is 2.66. The van der Waals surface area contributed by atoms with E-state index in [0.29, 0.717) is 18.9 Å². The van der Waals surface area contributed by atoms with Gasteiger partial charge < -0.3 is 19.1 Å². The summed E-state index contributed by atoms with van der Waals surface area (Å²) in [7, 11) is 1.87. The first-order chi connectivity index (χ1) is 15.3. The maximum absolute atomic E-state index is 15.3. The summed E-state index contributed by atoms with van der Waals surface area (Å²) in [6.07, 6.45) is -10.9. The molecule has 0 amide bonds. The highest BCUT2D eigenvalue weighted by atomic mass is 19.4. The highest BCUT2D eigenvalue weighted by molar-refractivity contribution is 6.08. The lowest BCUT2D eigenvalue weighted by atomic mass is 9.89. The first-order valence-corrected chi connectivity index (χ1v) is 9.91. The van der Waals surface area contributed by atoms with Crippen LogP contribution in [0.25, 0.3) is 21.7 Å². The average molecular weight is 477 g/mol. The fourth-order valence-corrected chi connectivity index (χ4v) is 3.92. The normalized spacial score (nSPS) is 14.5. The smallest absolute Gasteiger partial charge is 0.435 e. The van der Waals surface area contributed by atoms with Gasteiger partial charge in [-0.3, -0.25) is 4.79 Å². The van der Waals surface area contributed by atoms with Gasteiger partial charge in [-0.1, -0.05) is 31.5 Å². The van der Waals surface area contributed by atoms with Gasteiger partial charge in [0.2, 0.25) is 0 Å². The van der Waals surface area contributed by atoms with Gasteiger partial charge in [0, 0.05) is 17.3 Å². The van der Waals surface area contributed by atoms with Gasteiger partial charge in [-0.05, 0) is 23.9 Å². The van der Waals surface area contributed by atoms with Crippen molar-refractivity contribution in [2.75, 3.05) is 14.2 Å². The number of pyridine rings is 1. The molecule has 3 rings (SSSR count). The summed E-state index contributed by atoms with van der Waals surface area (Å²) in [5, 5.41) is 9.07. The molecule has 1 heterocycles. The molecule has 1 atom stereocenters. The van der Waals surface area contributed by atoms with E-state index in [4.69, 9.17) is 14.6 Å². The summed E-state index contributed by atoms with van der Waals surface area (Å²) in [5.74, 6) is -1.56. The summed E-state index contributed by atoms with van der Waals surface area (Å²) in [6, 6.07) is 6.35. The molecule has 0 radical (unpaired) electrons. The number of hydrogen-bond acceptors (Lipinski definition) is 4. The molecule has 0 saturated carbocycles. The van der Waals surface area contributed by atoms with E-state index in [1.807, 2.05) is 6.92 Å². The Hall–Kier alpha value is -2.95. The van der Waals surface area contributed by atoms with Crippen LogP contribution in [0.15, 0.2) is 35.1 Å². The number of alkyl halides is 6. The molecule has 0 aliphatic rings. The third-order valence-corrected chi connectivity index (χ3v) is 5.49. The van der Waals surface area contributed by atoms with E-state index in [1.54, 1.807) is 0 Å². The maximum Gasteiger partial charge on any atom is 0.435 e.